The largest absolute Gasteiger partial charge is 0.462 e. The molecular weight excluding hydrogens is 601 g/mol. The van der Waals surface area contributed by atoms with Gasteiger partial charge in [0.2, 0.25) is 0 Å². The summed E-state index contributed by atoms with van der Waals surface area (Å²) in [5, 5.41) is 3.91. The van der Waals surface area contributed by atoms with Crippen LogP contribution in [0.5, 0.6) is 5.75 Å². The van der Waals surface area contributed by atoms with E-state index in [2.05, 4.69) is 30.4 Å². The fourth-order valence-corrected chi connectivity index (χ4v) is 3.21. The van der Waals surface area contributed by atoms with Crippen LogP contribution in [0.25, 0.3) is 0 Å². The van der Waals surface area contributed by atoms with Crippen molar-refractivity contribution in [1.82, 2.24) is 4.98 Å². The molecule has 0 atom stereocenters. The summed E-state index contributed by atoms with van der Waals surface area (Å²) < 4.78 is 126. The number of anilines is 2. The maximum absolute atomic E-state index is 14.4. The first-order valence-electron chi connectivity index (χ1n) is 9.19. The van der Waals surface area contributed by atoms with Crippen LogP contribution in [-0.2, 0) is 20.0 Å². The van der Waals surface area contributed by atoms with Crippen LogP contribution in [0.3, 0.4) is 0 Å². The summed E-state index contributed by atoms with van der Waals surface area (Å²) in [6, 6.07) is 0.595. The summed E-state index contributed by atoms with van der Waals surface area (Å²) in [5.74, 6) is -5.27. The van der Waals surface area contributed by atoms with E-state index in [0.717, 1.165) is 25.6 Å². The molecule has 0 saturated heterocycles. The van der Waals surface area contributed by atoms with Crippen molar-refractivity contribution in [2.45, 2.75) is 24.6 Å². The molecule has 37 heavy (non-hydrogen) atoms. The highest BCUT2D eigenvalue weighted by molar-refractivity contribution is 9.10. The smallest absolute Gasteiger partial charge is 0.435 e. The molecule has 2 N–H and O–H groups in total. The van der Waals surface area contributed by atoms with E-state index in [0.29, 0.717) is 0 Å². The first-order chi connectivity index (χ1) is 16.9. The molecule has 0 aliphatic heterocycles. The van der Waals surface area contributed by atoms with Gasteiger partial charge in [-0.3, -0.25) is 14.6 Å². The summed E-state index contributed by atoms with van der Waals surface area (Å²) in [7, 11) is 0.905. The predicted octanol–water partition coefficient (Wildman–Crippen LogP) is 5.10. The van der Waals surface area contributed by atoms with Crippen molar-refractivity contribution in [1.29, 1.82) is 0 Å². The van der Waals surface area contributed by atoms with E-state index in [1.807, 2.05) is 10.6 Å². The van der Waals surface area contributed by atoms with Crippen molar-refractivity contribution >= 4 is 45.1 Å². The molecule has 0 aliphatic rings. The minimum atomic E-state index is -6.56. The third-order valence-electron chi connectivity index (χ3n) is 4.32. The molecule has 202 valence electrons. The van der Waals surface area contributed by atoms with Crippen LogP contribution in [-0.4, -0.2) is 48.8 Å². The van der Waals surface area contributed by atoms with Gasteiger partial charge in [-0.25, -0.2) is 9.18 Å². The Hall–Kier alpha value is -3.57. The highest BCUT2D eigenvalue weighted by Crippen LogP contribution is 2.55. The van der Waals surface area contributed by atoms with Crippen LogP contribution in [0.4, 0.5) is 50.9 Å². The summed E-state index contributed by atoms with van der Waals surface area (Å²) >= 11 is 2.52. The van der Waals surface area contributed by atoms with E-state index < -0.39 is 69.5 Å². The Labute approximate surface area is 208 Å². The number of amides is 2. The molecule has 1 aromatic heterocycles. The molecule has 0 spiro atoms. The average molecular weight is 612 g/mol. The molecule has 18 heteroatoms. The van der Waals surface area contributed by atoms with Gasteiger partial charge in [0.1, 0.15) is 0 Å². The van der Waals surface area contributed by atoms with Crippen molar-refractivity contribution in [3.63, 3.8) is 0 Å². The number of ether oxygens (including phenoxy) is 2. The van der Waals surface area contributed by atoms with Gasteiger partial charge in [0.05, 0.1) is 30.2 Å². The molecule has 2 rings (SSSR count). The predicted molar refractivity (Wildman–Crippen MR) is 109 cm³/mol. The monoisotopic (exact) mass is 611 g/mol. The Balaban J connectivity index is 2.52. The second-order valence-electron chi connectivity index (χ2n) is 6.73. The molecule has 8 nitrogen and oxygen atoms in total. The summed E-state index contributed by atoms with van der Waals surface area (Å²) in [5.41, 5.74) is -9.72. The Morgan fingerprint density at radius 3 is 2.05 bits per heavy atom. The number of alkyl halides is 9. The first-order valence-corrected chi connectivity index (χ1v) is 9.98. The van der Waals surface area contributed by atoms with E-state index in [-0.39, 0.29) is 17.8 Å². The number of benzene rings is 1. The topological polar surface area (TPSA) is 107 Å². The average Bonchev–Trinajstić information content (AvgIpc) is 2.78. The van der Waals surface area contributed by atoms with Gasteiger partial charge in [-0.1, -0.05) is 0 Å². The van der Waals surface area contributed by atoms with Gasteiger partial charge in [-0.05, 0) is 34.1 Å². The normalized spacial score (nSPS) is 12.2. The molecule has 0 fully saturated rings. The zero-order chi connectivity index (χ0) is 28.3. The lowest BCUT2D eigenvalue weighted by Gasteiger charge is -2.31. The number of rotatable bonds is 6. The molecule has 2 aromatic rings. The third-order valence-corrected chi connectivity index (χ3v) is 4.94. The number of hydrogen-bond acceptors (Lipinski definition) is 6. The van der Waals surface area contributed by atoms with Crippen LogP contribution in [0.15, 0.2) is 35.1 Å². The fourth-order valence-electron chi connectivity index (χ4n) is 2.67. The Morgan fingerprint density at radius 1 is 0.946 bits per heavy atom. The number of nitrogens with zero attached hydrogens (tertiary/aromatic N) is 1. The van der Waals surface area contributed by atoms with E-state index in [9.17, 15) is 53.9 Å². The van der Waals surface area contributed by atoms with Gasteiger partial charge in [0.15, 0.2) is 5.75 Å². The number of nitrogens with one attached hydrogen (secondary N) is 2. The maximum Gasteiger partial charge on any atom is 0.435 e. The zero-order valence-electron chi connectivity index (χ0n) is 17.7. The summed E-state index contributed by atoms with van der Waals surface area (Å²) in [6.45, 7) is -3.82. The van der Waals surface area contributed by atoms with E-state index in [1.165, 1.54) is 0 Å². The van der Waals surface area contributed by atoms with Crippen LogP contribution in [0.2, 0.25) is 0 Å². The lowest BCUT2D eigenvalue weighted by atomic mass is 9.93. The molecule has 0 unspecified atom stereocenters. The number of aromatic nitrogens is 1. The van der Waals surface area contributed by atoms with E-state index in [4.69, 9.17) is 0 Å². The Kier molecular flexibility index (Phi) is 8.67. The van der Waals surface area contributed by atoms with Crippen molar-refractivity contribution < 1.29 is 63.4 Å². The highest BCUT2D eigenvalue weighted by atomic mass is 79.9. The molecule has 2 amide bonds. The van der Waals surface area contributed by atoms with Crippen molar-refractivity contribution in [3.8, 4) is 5.75 Å². The molecule has 0 radical (unpaired) electrons. The number of methoxy groups -OCH3 is 1. The van der Waals surface area contributed by atoms with E-state index >= 15 is 0 Å². The van der Waals surface area contributed by atoms with Crippen molar-refractivity contribution in [3.05, 3.63) is 46.2 Å². The van der Waals surface area contributed by atoms with Crippen LogP contribution < -0.4 is 15.4 Å². The second kappa shape index (κ2) is 10.8. The number of carbonyl (C=O) groups excluding carboxylic acids is 3. The van der Waals surface area contributed by atoms with Gasteiger partial charge in [0.25, 0.3) is 5.91 Å². The Bertz CT molecular complexity index is 1190. The standard InChI is InChI=1S/C19H11BrF9N3O5/c1-36-15(35)14(34)31-9-2-7(5-30-6-9)13(33)32-12-10(20)3-8(4-11(12)37-16(21)22)17(23,18(24,25)26)19(27,28)29/h2-6,16H,1H3,(H,31,34)(H,32,33). The third kappa shape index (κ3) is 6.41. The summed E-state index contributed by atoms with van der Waals surface area (Å²) in [6.07, 6.45) is -11.3. The first kappa shape index (κ1) is 29.7. The zero-order valence-corrected chi connectivity index (χ0v) is 19.3. The van der Waals surface area contributed by atoms with Crippen LogP contribution in [0.1, 0.15) is 15.9 Å². The van der Waals surface area contributed by atoms with Gasteiger partial charge >= 0.3 is 36.5 Å². The minimum Gasteiger partial charge on any atom is -0.462 e. The molecule has 0 saturated carbocycles. The van der Waals surface area contributed by atoms with Gasteiger partial charge in [-0.15, -0.1) is 0 Å². The molecule has 1 aromatic carbocycles. The number of esters is 1. The van der Waals surface area contributed by atoms with E-state index in [1.54, 1.807) is 0 Å². The highest BCUT2D eigenvalue weighted by Gasteiger charge is 2.73. The van der Waals surface area contributed by atoms with Crippen molar-refractivity contribution in [2.75, 3.05) is 17.7 Å². The lowest BCUT2D eigenvalue weighted by molar-refractivity contribution is -0.348. The minimum absolute atomic E-state index is 0.0276. The molecule has 1 heterocycles. The van der Waals surface area contributed by atoms with Gasteiger partial charge < -0.3 is 20.1 Å². The summed E-state index contributed by atoms with van der Waals surface area (Å²) in [4.78, 5) is 38.9. The second-order valence-corrected chi connectivity index (χ2v) is 7.58. The molecule has 0 bridgehead atoms. The SMILES string of the molecule is COC(=O)C(=O)Nc1cncc(C(=O)Nc2c(Br)cc(C(F)(C(F)(F)F)C(F)(F)F)cc2OC(F)F)c1. The molecular formula is C19H11BrF9N3O5. The van der Waals surface area contributed by atoms with Crippen LogP contribution >= 0.6 is 15.9 Å². The number of halogens is 10. The lowest BCUT2D eigenvalue weighted by Crippen LogP contribution is -2.50. The maximum atomic E-state index is 14.4. The fraction of sp³-hybridized carbons (Fsp3) is 0.263. The quantitative estimate of drug-likeness (QED) is 0.267. The van der Waals surface area contributed by atoms with Gasteiger partial charge in [-0.2, -0.15) is 35.1 Å². The Morgan fingerprint density at radius 2 is 1.54 bits per heavy atom. The number of carbonyl (C=O) groups is 3. The number of hydrogen-bond donors (Lipinski definition) is 2. The van der Waals surface area contributed by atoms with Gasteiger partial charge in [0, 0.05) is 16.2 Å². The molecule has 0 aliphatic carbocycles. The number of pyridine rings is 1. The van der Waals surface area contributed by atoms with Crippen LogP contribution in [0, 0.1) is 0 Å². The van der Waals surface area contributed by atoms with Crippen molar-refractivity contribution in [2.24, 2.45) is 0 Å².